The van der Waals surface area contributed by atoms with E-state index in [0.717, 1.165) is 12.1 Å². The van der Waals surface area contributed by atoms with Crippen LogP contribution in [0.2, 0.25) is 0 Å². The van der Waals surface area contributed by atoms with Crippen LogP contribution in [0.15, 0.2) is 36.5 Å². The number of rotatable bonds is 3. The fourth-order valence-corrected chi connectivity index (χ4v) is 3.73. The molecule has 1 fully saturated rings. The van der Waals surface area contributed by atoms with E-state index in [4.69, 9.17) is 0 Å². The predicted molar refractivity (Wildman–Crippen MR) is 89.7 cm³/mol. The summed E-state index contributed by atoms with van der Waals surface area (Å²) in [5.74, 6) is 1.06. The van der Waals surface area contributed by atoms with Crippen LogP contribution in [0.25, 0.3) is 0 Å². The van der Waals surface area contributed by atoms with Crippen molar-refractivity contribution in [2.24, 2.45) is 0 Å². The zero-order valence-electron chi connectivity index (χ0n) is 13.2. The highest BCUT2D eigenvalue weighted by Crippen LogP contribution is 2.32. The van der Waals surface area contributed by atoms with E-state index in [9.17, 15) is 4.79 Å². The largest absolute Gasteiger partial charge is 0.351 e. The van der Waals surface area contributed by atoms with Crippen molar-refractivity contribution >= 4 is 11.7 Å². The van der Waals surface area contributed by atoms with Gasteiger partial charge < -0.3 is 5.32 Å². The Bertz CT molecular complexity index is 708. The minimum atomic E-state index is 0.160. The third-order valence-electron chi connectivity index (χ3n) is 5.00. The van der Waals surface area contributed by atoms with E-state index in [1.807, 2.05) is 18.2 Å². The van der Waals surface area contributed by atoms with Crippen molar-refractivity contribution in [3.63, 3.8) is 0 Å². The summed E-state index contributed by atoms with van der Waals surface area (Å²) in [4.78, 5) is 21.4. The lowest BCUT2D eigenvalue weighted by atomic mass is 9.82. The van der Waals surface area contributed by atoms with Gasteiger partial charge in [-0.15, -0.1) is 0 Å². The highest BCUT2D eigenvalue weighted by atomic mass is 16.1. The average Bonchev–Trinajstić information content (AvgIpc) is 3.08. The van der Waals surface area contributed by atoms with Gasteiger partial charge >= 0.3 is 0 Å². The Labute approximate surface area is 136 Å². The Morgan fingerprint density at radius 2 is 1.83 bits per heavy atom. The molecule has 2 aromatic rings. The molecular weight excluding hydrogens is 286 g/mol. The Kier molecular flexibility index (Phi) is 3.82. The molecule has 0 spiro atoms. The van der Waals surface area contributed by atoms with Crippen molar-refractivity contribution in [3.05, 3.63) is 53.3 Å². The smallest absolute Gasteiger partial charge is 0.223 e. The maximum absolute atomic E-state index is 12.4. The first-order chi connectivity index (χ1) is 11.3. The fraction of sp³-hybridized carbons (Fsp3) is 0.421. The molecule has 4 heteroatoms. The van der Waals surface area contributed by atoms with Gasteiger partial charge in [0.05, 0.1) is 11.3 Å². The predicted octanol–water partition coefficient (Wildman–Crippen LogP) is 3.74. The van der Waals surface area contributed by atoms with Crippen LogP contribution in [0.5, 0.6) is 0 Å². The molecule has 1 saturated carbocycles. The van der Waals surface area contributed by atoms with E-state index in [0.29, 0.717) is 24.0 Å². The van der Waals surface area contributed by atoms with Gasteiger partial charge in [-0.2, -0.15) is 0 Å². The third-order valence-corrected chi connectivity index (χ3v) is 5.00. The second-order valence-corrected chi connectivity index (χ2v) is 6.62. The molecule has 1 aromatic heterocycles. The van der Waals surface area contributed by atoms with Gasteiger partial charge in [-0.05, 0) is 30.7 Å². The topological polar surface area (TPSA) is 54.9 Å². The summed E-state index contributed by atoms with van der Waals surface area (Å²) in [7, 11) is 0. The van der Waals surface area contributed by atoms with Gasteiger partial charge in [-0.1, -0.05) is 43.2 Å². The lowest BCUT2D eigenvalue weighted by molar-refractivity contribution is 0.0962. The molecule has 1 unspecified atom stereocenters. The van der Waals surface area contributed by atoms with Crippen molar-refractivity contribution < 1.29 is 4.79 Å². The van der Waals surface area contributed by atoms with E-state index in [-0.39, 0.29) is 11.7 Å². The van der Waals surface area contributed by atoms with E-state index in [1.54, 1.807) is 6.20 Å². The molecule has 1 heterocycles. The molecule has 118 valence electrons. The third kappa shape index (κ3) is 2.98. The number of nitrogens with zero attached hydrogens (tertiary/aromatic N) is 2. The SMILES string of the molecule is O=C1CC(c2ccccc2)Cc2nc(NC3CCCC3)ncc21. The molecule has 2 aliphatic rings. The van der Waals surface area contributed by atoms with Gasteiger partial charge in [0.25, 0.3) is 0 Å². The van der Waals surface area contributed by atoms with Gasteiger partial charge in [0.15, 0.2) is 5.78 Å². The number of ketones is 1. The molecule has 0 radical (unpaired) electrons. The zero-order valence-corrected chi connectivity index (χ0v) is 13.2. The highest BCUT2D eigenvalue weighted by molar-refractivity contribution is 5.98. The van der Waals surface area contributed by atoms with Crippen LogP contribution in [-0.2, 0) is 6.42 Å². The quantitative estimate of drug-likeness (QED) is 0.938. The molecule has 1 N–H and O–H groups in total. The summed E-state index contributed by atoms with van der Waals surface area (Å²) in [6.45, 7) is 0. The Hall–Kier alpha value is -2.23. The molecule has 1 atom stereocenters. The summed E-state index contributed by atoms with van der Waals surface area (Å²) in [6.07, 6.45) is 8.00. The Balaban J connectivity index is 1.58. The molecular formula is C19H21N3O. The lowest BCUT2D eigenvalue weighted by Gasteiger charge is -2.23. The number of aromatic nitrogens is 2. The summed E-state index contributed by atoms with van der Waals surface area (Å²) in [5.41, 5.74) is 2.81. The fourth-order valence-electron chi connectivity index (χ4n) is 3.73. The molecule has 4 rings (SSSR count). The second-order valence-electron chi connectivity index (χ2n) is 6.62. The molecule has 4 nitrogen and oxygen atoms in total. The van der Waals surface area contributed by atoms with Crippen LogP contribution < -0.4 is 5.32 Å². The van der Waals surface area contributed by atoms with Crippen molar-refractivity contribution in [1.82, 2.24) is 9.97 Å². The van der Waals surface area contributed by atoms with Gasteiger partial charge in [-0.3, -0.25) is 4.79 Å². The summed E-state index contributed by atoms with van der Waals surface area (Å²) in [5, 5.41) is 3.43. The lowest BCUT2D eigenvalue weighted by Crippen LogP contribution is -2.23. The first-order valence-electron chi connectivity index (χ1n) is 8.50. The van der Waals surface area contributed by atoms with Crippen molar-refractivity contribution in [2.75, 3.05) is 5.32 Å². The number of fused-ring (bicyclic) bond motifs is 1. The number of benzene rings is 1. The Morgan fingerprint density at radius 3 is 2.61 bits per heavy atom. The van der Waals surface area contributed by atoms with Crippen LogP contribution in [-0.4, -0.2) is 21.8 Å². The van der Waals surface area contributed by atoms with Crippen molar-refractivity contribution in [2.45, 2.75) is 50.5 Å². The van der Waals surface area contributed by atoms with Gasteiger partial charge in [0.1, 0.15) is 0 Å². The maximum atomic E-state index is 12.4. The number of nitrogens with one attached hydrogen (secondary N) is 1. The number of carbonyl (C=O) groups excluding carboxylic acids is 1. The van der Waals surface area contributed by atoms with Gasteiger partial charge in [-0.25, -0.2) is 9.97 Å². The van der Waals surface area contributed by atoms with E-state index >= 15 is 0 Å². The molecule has 23 heavy (non-hydrogen) atoms. The van der Waals surface area contributed by atoms with E-state index in [1.165, 1.54) is 31.2 Å². The molecule has 0 saturated heterocycles. The second kappa shape index (κ2) is 6.11. The first kappa shape index (κ1) is 14.4. The number of carbonyl (C=O) groups is 1. The molecule has 0 bridgehead atoms. The number of anilines is 1. The molecule has 1 aromatic carbocycles. The van der Waals surface area contributed by atoms with E-state index < -0.39 is 0 Å². The Morgan fingerprint density at radius 1 is 1.04 bits per heavy atom. The minimum absolute atomic E-state index is 0.160. The van der Waals surface area contributed by atoms with Crippen LogP contribution in [0.3, 0.4) is 0 Å². The van der Waals surface area contributed by atoms with Crippen LogP contribution in [0.4, 0.5) is 5.95 Å². The monoisotopic (exact) mass is 307 g/mol. The molecule has 0 amide bonds. The maximum Gasteiger partial charge on any atom is 0.223 e. The summed E-state index contributed by atoms with van der Waals surface area (Å²) in [6, 6.07) is 10.7. The summed E-state index contributed by atoms with van der Waals surface area (Å²) >= 11 is 0. The minimum Gasteiger partial charge on any atom is -0.351 e. The van der Waals surface area contributed by atoms with Crippen molar-refractivity contribution in [1.29, 1.82) is 0 Å². The first-order valence-corrected chi connectivity index (χ1v) is 8.50. The van der Waals surface area contributed by atoms with Crippen LogP contribution >= 0.6 is 0 Å². The zero-order chi connectivity index (χ0) is 15.6. The van der Waals surface area contributed by atoms with Crippen LogP contribution in [0, 0.1) is 0 Å². The number of hydrogen-bond donors (Lipinski definition) is 1. The van der Waals surface area contributed by atoms with Crippen molar-refractivity contribution in [3.8, 4) is 0 Å². The number of Topliss-reactive ketones (excluding diaryl/α,β-unsaturated/α-hetero) is 1. The average molecular weight is 307 g/mol. The molecule has 2 aliphatic carbocycles. The molecule has 0 aliphatic heterocycles. The van der Waals surface area contributed by atoms with E-state index in [2.05, 4.69) is 27.4 Å². The standard InChI is InChI=1S/C19H21N3O/c23-18-11-14(13-6-2-1-3-7-13)10-17-16(18)12-20-19(22-17)21-15-8-4-5-9-15/h1-3,6-7,12,14-15H,4-5,8-11H2,(H,20,21,22). The van der Waals surface area contributed by atoms with Gasteiger partial charge in [0, 0.05) is 18.7 Å². The number of hydrogen-bond acceptors (Lipinski definition) is 4. The highest BCUT2D eigenvalue weighted by Gasteiger charge is 2.28. The summed E-state index contributed by atoms with van der Waals surface area (Å²) < 4.78 is 0. The normalized spacial score (nSPS) is 21.2. The van der Waals surface area contributed by atoms with Crippen LogP contribution in [0.1, 0.15) is 59.6 Å². The van der Waals surface area contributed by atoms with Gasteiger partial charge in [0.2, 0.25) is 5.95 Å².